The van der Waals surface area contributed by atoms with Crippen molar-refractivity contribution in [1.29, 1.82) is 0 Å². The van der Waals surface area contributed by atoms with E-state index in [1.165, 1.54) is 17.4 Å². The number of ether oxygens (including phenoxy) is 3. The molecule has 0 saturated heterocycles. The Balaban J connectivity index is 0.00000529. The molecule has 4 rings (SSSR count). The number of likely N-dealkylation sites (N-methyl/N-ethyl adjacent to an activating group) is 1. The van der Waals surface area contributed by atoms with Crippen molar-refractivity contribution in [2.45, 2.75) is 32.2 Å². The number of rotatable bonds is 17. The van der Waals surface area contributed by atoms with E-state index < -0.39 is 5.77 Å². The summed E-state index contributed by atoms with van der Waals surface area (Å²) in [7, 11) is 6.98. The molecule has 4 aromatic rings. The molecule has 238 valence electrons. The molecule has 0 N–H and O–H groups in total. The number of nitrogens with zero attached hydrogens (tertiary/aromatic N) is 4. The Labute approximate surface area is 267 Å². The quantitative estimate of drug-likeness (QED) is 0.0930. The van der Waals surface area contributed by atoms with Gasteiger partial charge in [0, 0.05) is 13.7 Å². The molecule has 1 aromatic heterocycles. The highest BCUT2D eigenvalue weighted by atomic mass is 33.1. The number of methoxy groups -OCH3 is 1. The summed E-state index contributed by atoms with van der Waals surface area (Å²) >= 11 is 2.08. The molecule has 0 fully saturated rings. The van der Waals surface area contributed by atoms with Gasteiger partial charge in [0.1, 0.15) is 41.5 Å². The minimum atomic E-state index is -3.25. The highest BCUT2D eigenvalue weighted by molar-refractivity contribution is 8.89. The third kappa shape index (κ3) is 10.4. The number of benzene rings is 3. The third-order valence-electron chi connectivity index (χ3n) is 6.49. The Morgan fingerprint density at radius 1 is 0.977 bits per heavy atom. The standard InChI is InChI=1S/C30H37N4O6PS2.CH4/c1-33(2)19-26(20-39-29-15-8-5-11-24(29)17-16-23-10-9-12-25(18-23)37-3)40-22-43-41(36,38-4)42-21-34-30(35)27-13-6-7-14-28(27)31-32-34;/h5-15,18,26H,16-17,19-22H2,1-4H3;1H4/t26-,41?;/m1./s1. The fourth-order valence-electron chi connectivity index (χ4n) is 4.27. The minimum absolute atomic E-state index is 0. The predicted octanol–water partition coefficient (Wildman–Crippen LogP) is 6.38. The second-order valence-corrected chi connectivity index (χ2v) is 17.3. The van der Waals surface area contributed by atoms with E-state index in [4.69, 9.17) is 18.7 Å². The lowest BCUT2D eigenvalue weighted by molar-refractivity contribution is 0.0315. The first kappa shape index (κ1) is 35.6. The Morgan fingerprint density at radius 3 is 2.52 bits per heavy atom. The molecule has 44 heavy (non-hydrogen) atoms. The molecule has 0 saturated carbocycles. The maximum absolute atomic E-state index is 13.4. The van der Waals surface area contributed by atoms with Crippen LogP contribution in [0.2, 0.25) is 0 Å². The van der Waals surface area contributed by atoms with Crippen LogP contribution in [-0.4, -0.2) is 73.4 Å². The van der Waals surface area contributed by atoms with E-state index in [0.29, 0.717) is 24.1 Å². The van der Waals surface area contributed by atoms with Gasteiger partial charge in [0.15, 0.2) is 0 Å². The van der Waals surface area contributed by atoms with Gasteiger partial charge in [-0.25, -0.2) is 0 Å². The summed E-state index contributed by atoms with van der Waals surface area (Å²) in [4.78, 5) is 14.8. The number of aryl methyl sites for hydroxylation is 2. The van der Waals surface area contributed by atoms with Crippen LogP contribution in [0, 0.1) is 0 Å². The lowest BCUT2D eigenvalue weighted by atomic mass is 10.0. The maximum Gasteiger partial charge on any atom is 0.316 e. The van der Waals surface area contributed by atoms with Crippen molar-refractivity contribution in [2.24, 2.45) is 0 Å². The fraction of sp³-hybridized carbons (Fsp3) is 0.387. The van der Waals surface area contributed by atoms with E-state index in [2.05, 4.69) is 22.4 Å². The van der Waals surface area contributed by atoms with Gasteiger partial charge >= 0.3 is 5.77 Å². The summed E-state index contributed by atoms with van der Waals surface area (Å²) in [5.41, 5.74) is 2.52. The summed E-state index contributed by atoms with van der Waals surface area (Å²) in [6.45, 7) is 0.931. The van der Waals surface area contributed by atoms with Gasteiger partial charge in [-0.3, -0.25) is 9.36 Å². The van der Waals surface area contributed by atoms with E-state index in [1.807, 2.05) is 55.4 Å². The molecule has 3 aromatic carbocycles. The molecule has 10 nitrogen and oxygen atoms in total. The summed E-state index contributed by atoms with van der Waals surface area (Å²) < 4.78 is 37.7. The van der Waals surface area contributed by atoms with Gasteiger partial charge in [-0.1, -0.05) is 55.1 Å². The molecule has 0 bridgehead atoms. The Bertz CT molecular complexity index is 1590. The molecular formula is C31H41N4O6PS2. The first-order valence-corrected chi connectivity index (χ1v) is 18.5. The average Bonchev–Trinajstić information content (AvgIpc) is 3.02. The van der Waals surface area contributed by atoms with Crippen LogP contribution in [0.5, 0.6) is 11.5 Å². The lowest BCUT2D eigenvalue weighted by Gasteiger charge is -2.23. The third-order valence-corrected chi connectivity index (χ3v) is 13.5. The predicted molar refractivity (Wildman–Crippen MR) is 181 cm³/mol. The van der Waals surface area contributed by atoms with Crippen LogP contribution in [-0.2, 0) is 32.5 Å². The van der Waals surface area contributed by atoms with Gasteiger partial charge < -0.3 is 23.6 Å². The highest BCUT2D eigenvalue weighted by Gasteiger charge is 2.26. The number of fused-ring (bicyclic) bond motifs is 1. The zero-order valence-electron chi connectivity index (χ0n) is 24.8. The SMILES string of the molecule is C.COc1cccc(CCc2ccccc2OC[C@@H](CN(C)C)OCSP(=O)(OC)SCn2nnc3ccccc3c2=O)c1. The number of hydrogen-bond acceptors (Lipinski definition) is 11. The van der Waals surface area contributed by atoms with Crippen LogP contribution in [0.3, 0.4) is 0 Å². The van der Waals surface area contributed by atoms with Gasteiger partial charge in [-0.15, -0.1) is 5.10 Å². The molecule has 13 heteroatoms. The summed E-state index contributed by atoms with van der Waals surface area (Å²) in [5, 5.41) is 8.51. The van der Waals surface area contributed by atoms with Crippen LogP contribution in [0.15, 0.2) is 77.6 Å². The topological polar surface area (TPSA) is 105 Å². The van der Waals surface area contributed by atoms with Gasteiger partial charge in [-0.2, -0.15) is 4.68 Å². The van der Waals surface area contributed by atoms with E-state index in [-0.39, 0.29) is 30.9 Å². The van der Waals surface area contributed by atoms with Crippen molar-refractivity contribution in [3.05, 3.63) is 94.3 Å². The first-order chi connectivity index (χ1) is 20.8. The van der Waals surface area contributed by atoms with E-state index in [1.54, 1.807) is 31.4 Å². The number of para-hydroxylation sites is 1. The van der Waals surface area contributed by atoms with Gasteiger partial charge in [0.05, 0.1) is 12.5 Å². The number of hydrogen-bond donors (Lipinski definition) is 0. The Kier molecular flexibility index (Phi) is 14.2. The molecule has 0 spiro atoms. The second kappa shape index (κ2) is 17.6. The monoisotopic (exact) mass is 660 g/mol. The smallest absolute Gasteiger partial charge is 0.316 e. The van der Waals surface area contributed by atoms with Crippen LogP contribution in [0.25, 0.3) is 10.9 Å². The van der Waals surface area contributed by atoms with Crippen LogP contribution < -0.4 is 15.0 Å². The van der Waals surface area contributed by atoms with Crippen molar-refractivity contribution in [2.75, 3.05) is 47.4 Å². The summed E-state index contributed by atoms with van der Waals surface area (Å²) in [6, 6.07) is 23.1. The van der Waals surface area contributed by atoms with Crippen molar-refractivity contribution < 1.29 is 23.3 Å². The van der Waals surface area contributed by atoms with Gasteiger partial charge in [0.25, 0.3) is 5.56 Å². The molecule has 1 unspecified atom stereocenters. The number of aromatic nitrogens is 3. The molecule has 0 radical (unpaired) electrons. The molecule has 0 amide bonds. The van der Waals surface area contributed by atoms with E-state index >= 15 is 0 Å². The fourth-order valence-corrected chi connectivity index (χ4v) is 9.02. The largest absolute Gasteiger partial charge is 0.497 e. The van der Waals surface area contributed by atoms with E-state index in [0.717, 1.165) is 52.7 Å². The molecule has 0 aliphatic heterocycles. The molecule has 1 heterocycles. The van der Waals surface area contributed by atoms with Crippen molar-refractivity contribution in [3.63, 3.8) is 0 Å². The van der Waals surface area contributed by atoms with Crippen molar-refractivity contribution in [1.82, 2.24) is 19.9 Å². The van der Waals surface area contributed by atoms with Crippen LogP contribution in [0.1, 0.15) is 18.6 Å². The van der Waals surface area contributed by atoms with Crippen LogP contribution >= 0.6 is 28.5 Å². The second-order valence-electron chi connectivity index (χ2n) is 9.87. The molecular weight excluding hydrogens is 619 g/mol. The molecule has 0 aliphatic rings. The van der Waals surface area contributed by atoms with Gasteiger partial charge in [-0.05, 0) is 91.2 Å². The van der Waals surface area contributed by atoms with Crippen molar-refractivity contribution in [3.8, 4) is 11.5 Å². The Hall–Kier alpha value is -2.86. The summed E-state index contributed by atoms with van der Waals surface area (Å²) in [6.07, 6.45) is 1.39. The lowest BCUT2D eigenvalue weighted by Crippen LogP contribution is -2.33. The highest BCUT2D eigenvalue weighted by Crippen LogP contribution is 2.69. The summed E-state index contributed by atoms with van der Waals surface area (Å²) in [5.74, 6) is -1.44. The Morgan fingerprint density at radius 2 is 1.75 bits per heavy atom. The molecule has 0 aliphatic carbocycles. The molecule has 2 atom stereocenters. The average molecular weight is 661 g/mol. The normalized spacial score (nSPS) is 13.3. The first-order valence-electron chi connectivity index (χ1n) is 13.7. The van der Waals surface area contributed by atoms with E-state index in [9.17, 15) is 9.36 Å². The zero-order valence-corrected chi connectivity index (χ0v) is 27.3. The van der Waals surface area contributed by atoms with Crippen molar-refractivity contribution >= 4 is 39.4 Å². The minimum Gasteiger partial charge on any atom is -0.497 e. The van der Waals surface area contributed by atoms with Crippen LogP contribution in [0.4, 0.5) is 0 Å². The van der Waals surface area contributed by atoms with Gasteiger partial charge in [0.2, 0.25) is 0 Å². The zero-order chi connectivity index (χ0) is 30.7. The maximum atomic E-state index is 13.4.